The number of aromatic nitrogens is 1. The van der Waals surface area contributed by atoms with Gasteiger partial charge in [0.25, 0.3) is 0 Å². The van der Waals surface area contributed by atoms with E-state index in [1.165, 1.54) is 22.0 Å². The minimum atomic E-state index is -0.337. The number of ketones is 1. The molecule has 0 saturated carbocycles. The van der Waals surface area contributed by atoms with Crippen molar-refractivity contribution in [1.82, 2.24) is 9.47 Å². The van der Waals surface area contributed by atoms with Gasteiger partial charge < -0.3 is 14.6 Å². The molecule has 22 heavy (non-hydrogen) atoms. The summed E-state index contributed by atoms with van der Waals surface area (Å²) in [6, 6.07) is 6.98. The lowest BCUT2D eigenvalue weighted by molar-refractivity contribution is -0.128. The number of nitrogens with zero attached hydrogens (tertiary/aromatic N) is 2. The fourth-order valence-corrected chi connectivity index (χ4v) is 4.58. The van der Waals surface area contributed by atoms with Gasteiger partial charge in [0.15, 0.2) is 5.78 Å². The molecule has 2 aliphatic rings. The molecule has 1 unspecified atom stereocenters. The second-order valence-electron chi connectivity index (χ2n) is 6.88. The molecule has 3 atom stereocenters. The molecule has 0 radical (unpaired) electrons. The van der Waals surface area contributed by atoms with E-state index >= 15 is 0 Å². The fraction of sp³-hybridized carbons (Fsp3) is 0.500. The first-order valence-corrected chi connectivity index (χ1v) is 8.00. The van der Waals surface area contributed by atoms with Crippen LogP contribution in [0.3, 0.4) is 0 Å². The molecule has 1 fully saturated rings. The number of aryl methyl sites for hydroxylation is 1. The maximum Gasteiger partial charge on any atom is 0.162 e. The number of carbonyl (C=O) groups is 1. The van der Waals surface area contributed by atoms with Gasteiger partial charge in [-0.15, -0.1) is 0 Å². The average molecular weight is 298 g/mol. The van der Waals surface area contributed by atoms with E-state index in [4.69, 9.17) is 0 Å². The molecule has 1 aliphatic heterocycles. The summed E-state index contributed by atoms with van der Waals surface area (Å²) >= 11 is 0. The topological polar surface area (TPSA) is 45.5 Å². The maximum absolute atomic E-state index is 12.0. The molecule has 1 saturated heterocycles. The third-order valence-corrected chi connectivity index (χ3v) is 5.64. The van der Waals surface area contributed by atoms with Crippen LogP contribution >= 0.6 is 0 Å². The molecule has 4 nitrogen and oxygen atoms in total. The smallest absolute Gasteiger partial charge is 0.162 e. The minimum Gasteiger partial charge on any atom is -0.389 e. The summed E-state index contributed by atoms with van der Waals surface area (Å²) in [5.41, 5.74) is 4.09. The zero-order chi connectivity index (χ0) is 15.4. The van der Waals surface area contributed by atoms with E-state index in [9.17, 15) is 9.90 Å². The number of fused-ring (bicyclic) bond motifs is 2. The SMILES string of the molecule is CN1CC(C(=O)CO)C[C@@H]2c3cccc4c3c(cn4C)C[C@H]21. The Balaban J connectivity index is 1.82. The van der Waals surface area contributed by atoms with E-state index in [-0.39, 0.29) is 18.3 Å². The largest absolute Gasteiger partial charge is 0.389 e. The Morgan fingerprint density at radius 3 is 2.95 bits per heavy atom. The van der Waals surface area contributed by atoms with Crippen molar-refractivity contribution in [3.05, 3.63) is 35.5 Å². The molecule has 0 amide bonds. The Morgan fingerprint density at radius 2 is 2.18 bits per heavy atom. The second kappa shape index (κ2) is 4.93. The third-order valence-electron chi connectivity index (χ3n) is 5.64. The van der Waals surface area contributed by atoms with Crippen LogP contribution in [0.4, 0.5) is 0 Å². The summed E-state index contributed by atoms with van der Waals surface area (Å²) in [6.07, 6.45) is 4.17. The summed E-state index contributed by atoms with van der Waals surface area (Å²) in [6.45, 7) is 0.426. The number of carbonyl (C=O) groups excluding carboxylic acids is 1. The van der Waals surface area contributed by atoms with Gasteiger partial charge in [0, 0.05) is 48.6 Å². The van der Waals surface area contributed by atoms with Crippen LogP contribution in [-0.4, -0.2) is 46.6 Å². The molecule has 1 N–H and O–H groups in total. The summed E-state index contributed by atoms with van der Waals surface area (Å²) in [5.74, 6) is 0.325. The first-order valence-electron chi connectivity index (χ1n) is 8.00. The zero-order valence-corrected chi connectivity index (χ0v) is 13.1. The number of aliphatic hydroxyl groups is 1. The standard InChI is InChI=1S/C18H22N2O2/c1-19-9-12-7-16-14(13-4-3-5-15(19)18(12)13)6-11(8-20(16)2)17(22)10-21/h3-5,9,11,14,16,21H,6-8,10H2,1-2H3/t11?,14-,16-/m1/s1. The van der Waals surface area contributed by atoms with Gasteiger partial charge in [-0.2, -0.15) is 0 Å². The summed E-state index contributed by atoms with van der Waals surface area (Å²) < 4.78 is 2.21. The van der Waals surface area contributed by atoms with Crippen molar-refractivity contribution in [1.29, 1.82) is 0 Å². The average Bonchev–Trinajstić information content (AvgIpc) is 2.85. The van der Waals surface area contributed by atoms with Gasteiger partial charge >= 0.3 is 0 Å². The molecule has 2 aromatic rings. The van der Waals surface area contributed by atoms with Crippen LogP contribution in [0.1, 0.15) is 23.5 Å². The van der Waals surface area contributed by atoms with Crippen LogP contribution < -0.4 is 0 Å². The number of hydrogen-bond acceptors (Lipinski definition) is 3. The Bertz CT molecular complexity index is 749. The van der Waals surface area contributed by atoms with E-state index in [0.29, 0.717) is 12.0 Å². The number of hydrogen-bond donors (Lipinski definition) is 1. The molecule has 4 rings (SSSR count). The van der Waals surface area contributed by atoms with Crippen LogP contribution in [-0.2, 0) is 18.3 Å². The van der Waals surface area contributed by atoms with Gasteiger partial charge in [-0.25, -0.2) is 0 Å². The molecule has 116 valence electrons. The van der Waals surface area contributed by atoms with Gasteiger partial charge in [0.1, 0.15) is 6.61 Å². The molecule has 1 aromatic heterocycles. The molecular formula is C18H22N2O2. The van der Waals surface area contributed by atoms with Crippen molar-refractivity contribution in [2.45, 2.75) is 24.8 Å². The molecule has 4 heteroatoms. The van der Waals surface area contributed by atoms with Crippen LogP contribution in [0, 0.1) is 5.92 Å². The van der Waals surface area contributed by atoms with E-state index in [0.717, 1.165) is 19.4 Å². The van der Waals surface area contributed by atoms with Crippen molar-refractivity contribution in [3.8, 4) is 0 Å². The van der Waals surface area contributed by atoms with Crippen molar-refractivity contribution < 1.29 is 9.90 Å². The first kappa shape index (κ1) is 14.0. The highest BCUT2D eigenvalue weighted by molar-refractivity contribution is 5.89. The van der Waals surface area contributed by atoms with E-state index in [2.05, 4.69) is 48.0 Å². The monoisotopic (exact) mass is 298 g/mol. The third kappa shape index (κ3) is 1.87. The number of Topliss-reactive ketones (excluding diaryl/α,β-unsaturated/α-hetero) is 1. The van der Waals surface area contributed by atoms with Crippen molar-refractivity contribution in [3.63, 3.8) is 0 Å². The predicted molar refractivity (Wildman–Crippen MR) is 86.0 cm³/mol. The van der Waals surface area contributed by atoms with Gasteiger partial charge in [0.05, 0.1) is 0 Å². The van der Waals surface area contributed by atoms with E-state index in [1.807, 2.05) is 0 Å². The van der Waals surface area contributed by atoms with Gasteiger partial charge in [-0.1, -0.05) is 12.1 Å². The zero-order valence-electron chi connectivity index (χ0n) is 13.1. The molecule has 1 aliphatic carbocycles. The predicted octanol–water partition coefficient (Wildman–Crippen LogP) is 1.70. The summed E-state index contributed by atoms with van der Waals surface area (Å²) in [4.78, 5) is 14.3. The highest BCUT2D eigenvalue weighted by Crippen LogP contribution is 2.44. The normalized spacial score (nSPS) is 27.9. The molecule has 0 spiro atoms. The Labute approximate surface area is 130 Å². The second-order valence-corrected chi connectivity index (χ2v) is 6.88. The van der Waals surface area contributed by atoms with Crippen molar-refractivity contribution >= 4 is 16.7 Å². The number of rotatable bonds is 2. The van der Waals surface area contributed by atoms with Gasteiger partial charge in [-0.05, 0) is 37.1 Å². The van der Waals surface area contributed by atoms with Crippen molar-refractivity contribution in [2.75, 3.05) is 20.2 Å². The molecule has 1 aromatic carbocycles. The van der Waals surface area contributed by atoms with Crippen molar-refractivity contribution in [2.24, 2.45) is 13.0 Å². The maximum atomic E-state index is 12.0. The summed E-state index contributed by atoms with van der Waals surface area (Å²) in [7, 11) is 4.22. The van der Waals surface area contributed by atoms with E-state index in [1.54, 1.807) is 0 Å². The highest BCUT2D eigenvalue weighted by Gasteiger charge is 2.41. The molecule has 2 heterocycles. The molecular weight excluding hydrogens is 276 g/mol. The Morgan fingerprint density at radius 1 is 1.36 bits per heavy atom. The lowest BCUT2D eigenvalue weighted by atomic mass is 9.72. The number of aliphatic hydroxyl groups excluding tert-OH is 1. The lowest BCUT2D eigenvalue weighted by Gasteiger charge is -2.45. The van der Waals surface area contributed by atoms with Crippen LogP contribution in [0.25, 0.3) is 10.9 Å². The number of likely N-dealkylation sites (tertiary alicyclic amines) is 1. The number of piperidine rings is 1. The molecule has 0 bridgehead atoms. The Kier molecular flexibility index (Phi) is 3.13. The van der Waals surface area contributed by atoms with Crippen LogP contribution in [0.15, 0.2) is 24.4 Å². The first-order chi connectivity index (χ1) is 10.6. The highest BCUT2D eigenvalue weighted by atomic mass is 16.3. The fourth-order valence-electron chi connectivity index (χ4n) is 4.58. The van der Waals surface area contributed by atoms with Crippen LogP contribution in [0.5, 0.6) is 0 Å². The van der Waals surface area contributed by atoms with E-state index < -0.39 is 0 Å². The summed E-state index contributed by atoms with van der Waals surface area (Å²) in [5, 5.41) is 10.6. The van der Waals surface area contributed by atoms with Gasteiger partial charge in [-0.3, -0.25) is 4.79 Å². The minimum absolute atomic E-state index is 0.0173. The number of likely N-dealkylation sites (N-methyl/N-ethyl adjacent to an activating group) is 1. The van der Waals surface area contributed by atoms with Gasteiger partial charge in [0.2, 0.25) is 0 Å². The lowest BCUT2D eigenvalue weighted by Crippen LogP contribution is -2.49. The Hall–Kier alpha value is -1.65. The quantitative estimate of drug-likeness (QED) is 0.918. The number of benzene rings is 1. The van der Waals surface area contributed by atoms with Crippen LogP contribution in [0.2, 0.25) is 0 Å².